The molecule has 4 nitrogen and oxygen atoms in total. The Morgan fingerprint density at radius 3 is 2.82 bits per heavy atom. The molecule has 4 heteroatoms. The first-order chi connectivity index (χ1) is 8.20. The summed E-state index contributed by atoms with van der Waals surface area (Å²) < 4.78 is 10.1. The van der Waals surface area contributed by atoms with Crippen LogP contribution in [0.4, 0.5) is 0 Å². The number of hydrogen-bond donors (Lipinski definition) is 1. The summed E-state index contributed by atoms with van der Waals surface area (Å²) in [6, 6.07) is 4.02. The Hall–Kier alpha value is -1.55. The summed E-state index contributed by atoms with van der Waals surface area (Å²) in [4.78, 5) is 11.2. The molecule has 1 aromatic heterocycles. The number of furan rings is 1. The second kappa shape index (κ2) is 5.19. The van der Waals surface area contributed by atoms with Crippen LogP contribution in [0.1, 0.15) is 42.1 Å². The molecular formula is C13H17NO3. The Morgan fingerprint density at radius 1 is 1.47 bits per heavy atom. The van der Waals surface area contributed by atoms with Crippen LogP contribution in [0.25, 0.3) is 0 Å². The molecule has 2 rings (SSSR count). The number of hydrogen-bond acceptors (Lipinski definition) is 4. The van der Waals surface area contributed by atoms with E-state index in [4.69, 9.17) is 4.42 Å². The van der Waals surface area contributed by atoms with E-state index in [0.717, 1.165) is 18.6 Å². The molecule has 1 aromatic rings. The third kappa shape index (κ3) is 2.77. The zero-order chi connectivity index (χ0) is 12.3. The second-order valence-corrected chi connectivity index (χ2v) is 4.22. The molecule has 0 saturated heterocycles. The van der Waals surface area contributed by atoms with E-state index >= 15 is 0 Å². The Balaban J connectivity index is 1.96. The van der Waals surface area contributed by atoms with Crippen molar-refractivity contribution in [1.29, 1.82) is 0 Å². The van der Waals surface area contributed by atoms with Gasteiger partial charge in [-0.1, -0.05) is 12.2 Å². The third-order valence-electron chi connectivity index (χ3n) is 2.93. The third-order valence-corrected chi connectivity index (χ3v) is 2.93. The summed E-state index contributed by atoms with van der Waals surface area (Å²) in [7, 11) is 1.34. The van der Waals surface area contributed by atoms with Gasteiger partial charge in [-0.15, -0.1) is 0 Å². The van der Waals surface area contributed by atoms with Gasteiger partial charge in [-0.3, -0.25) is 0 Å². The zero-order valence-electron chi connectivity index (χ0n) is 10.1. The predicted octanol–water partition coefficient (Wildman–Crippen LogP) is 2.44. The number of carbonyl (C=O) groups is 1. The first-order valence-electron chi connectivity index (χ1n) is 5.80. The van der Waals surface area contributed by atoms with Crippen molar-refractivity contribution in [1.82, 2.24) is 5.32 Å². The van der Waals surface area contributed by atoms with Gasteiger partial charge in [-0.05, 0) is 31.9 Å². The number of esters is 1. The number of carbonyl (C=O) groups excluding carboxylic acids is 1. The molecule has 0 aromatic carbocycles. The van der Waals surface area contributed by atoms with Crippen molar-refractivity contribution in [2.24, 2.45) is 0 Å². The lowest BCUT2D eigenvalue weighted by Gasteiger charge is -2.17. The van der Waals surface area contributed by atoms with Crippen LogP contribution in [0, 0.1) is 0 Å². The lowest BCUT2D eigenvalue weighted by molar-refractivity contribution is 0.0562. The van der Waals surface area contributed by atoms with E-state index in [1.165, 1.54) is 7.11 Å². The molecule has 92 valence electrons. The van der Waals surface area contributed by atoms with Crippen molar-refractivity contribution in [2.45, 2.75) is 31.8 Å². The van der Waals surface area contributed by atoms with Gasteiger partial charge in [0.2, 0.25) is 5.76 Å². The van der Waals surface area contributed by atoms with Gasteiger partial charge in [0.15, 0.2) is 0 Å². The summed E-state index contributed by atoms with van der Waals surface area (Å²) in [6.45, 7) is 2.03. The highest BCUT2D eigenvalue weighted by molar-refractivity contribution is 5.86. The molecule has 1 aliphatic carbocycles. The summed E-state index contributed by atoms with van der Waals surface area (Å²) >= 11 is 0. The molecule has 1 aliphatic rings. The highest BCUT2D eigenvalue weighted by atomic mass is 16.5. The van der Waals surface area contributed by atoms with E-state index in [1.54, 1.807) is 6.07 Å². The van der Waals surface area contributed by atoms with E-state index in [0.29, 0.717) is 6.04 Å². The maximum absolute atomic E-state index is 11.2. The zero-order valence-corrected chi connectivity index (χ0v) is 10.1. The van der Waals surface area contributed by atoms with Crippen LogP contribution in [-0.2, 0) is 4.74 Å². The minimum Gasteiger partial charge on any atom is -0.463 e. The fourth-order valence-corrected chi connectivity index (χ4v) is 1.98. The van der Waals surface area contributed by atoms with Crippen LogP contribution in [0.3, 0.4) is 0 Å². The quantitative estimate of drug-likeness (QED) is 0.643. The molecule has 0 saturated carbocycles. The Morgan fingerprint density at radius 2 is 2.18 bits per heavy atom. The summed E-state index contributed by atoms with van der Waals surface area (Å²) in [6.07, 6.45) is 6.45. The van der Waals surface area contributed by atoms with Crippen molar-refractivity contribution in [3.8, 4) is 0 Å². The largest absolute Gasteiger partial charge is 0.463 e. The summed E-state index contributed by atoms with van der Waals surface area (Å²) in [5.41, 5.74) is 0. The molecule has 1 N–H and O–H groups in total. The van der Waals surface area contributed by atoms with Gasteiger partial charge in [0.25, 0.3) is 0 Å². The molecular weight excluding hydrogens is 218 g/mol. The summed E-state index contributed by atoms with van der Waals surface area (Å²) in [5.74, 6) is 0.573. The number of nitrogens with one attached hydrogen (secondary N) is 1. The first-order valence-corrected chi connectivity index (χ1v) is 5.80. The highest BCUT2D eigenvalue weighted by Crippen LogP contribution is 2.20. The molecule has 0 fully saturated rings. The van der Waals surface area contributed by atoms with Crippen molar-refractivity contribution in [3.63, 3.8) is 0 Å². The van der Waals surface area contributed by atoms with E-state index in [2.05, 4.69) is 22.2 Å². The molecule has 17 heavy (non-hydrogen) atoms. The van der Waals surface area contributed by atoms with Crippen LogP contribution in [0.15, 0.2) is 28.7 Å². The Bertz CT molecular complexity index is 414. The maximum atomic E-state index is 11.2. The molecule has 0 bridgehead atoms. The topological polar surface area (TPSA) is 51.5 Å². The molecule has 0 aliphatic heterocycles. The van der Waals surface area contributed by atoms with E-state index < -0.39 is 5.97 Å². The van der Waals surface area contributed by atoms with Crippen LogP contribution in [0.2, 0.25) is 0 Å². The maximum Gasteiger partial charge on any atom is 0.373 e. The number of methoxy groups -OCH3 is 1. The molecule has 0 amide bonds. The van der Waals surface area contributed by atoms with E-state index in [9.17, 15) is 4.79 Å². The normalized spacial score (nSPS) is 17.3. The van der Waals surface area contributed by atoms with Crippen LogP contribution in [-0.4, -0.2) is 19.1 Å². The Labute approximate surface area is 101 Å². The average Bonchev–Trinajstić information content (AvgIpc) is 2.98. The van der Waals surface area contributed by atoms with Gasteiger partial charge < -0.3 is 14.5 Å². The average molecular weight is 235 g/mol. The minimum absolute atomic E-state index is 0.0957. The van der Waals surface area contributed by atoms with Gasteiger partial charge in [-0.2, -0.15) is 0 Å². The fourth-order valence-electron chi connectivity index (χ4n) is 1.98. The monoisotopic (exact) mass is 235 g/mol. The molecule has 1 unspecified atom stereocenters. The molecule has 0 spiro atoms. The van der Waals surface area contributed by atoms with E-state index in [-0.39, 0.29) is 11.8 Å². The lowest BCUT2D eigenvalue weighted by atomic mass is 10.2. The number of ether oxygens (including phenoxy) is 1. The molecule has 1 atom stereocenters. The van der Waals surface area contributed by atoms with Gasteiger partial charge in [0.1, 0.15) is 5.76 Å². The van der Waals surface area contributed by atoms with Gasteiger partial charge in [0, 0.05) is 6.04 Å². The number of rotatable bonds is 4. The molecule has 1 heterocycles. The highest BCUT2D eigenvalue weighted by Gasteiger charge is 2.18. The SMILES string of the molecule is COC(=O)c1ccc(C(C)NC2CC=CC2)o1. The van der Waals surface area contributed by atoms with Gasteiger partial charge in [0.05, 0.1) is 13.2 Å². The molecule has 0 radical (unpaired) electrons. The van der Waals surface area contributed by atoms with Crippen molar-refractivity contribution >= 4 is 5.97 Å². The first kappa shape index (κ1) is 11.9. The minimum atomic E-state index is -0.439. The van der Waals surface area contributed by atoms with Crippen LogP contribution < -0.4 is 5.32 Å². The lowest BCUT2D eigenvalue weighted by Crippen LogP contribution is -2.28. The predicted molar refractivity (Wildman–Crippen MR) is 63.8 cm³/mol. The van der Waals surface area contributed by atoms with Crippen LogP contribution in [0.5, 0.6) is 0 Å². The second-order valence-electron chi connectivity index (χ2n) is 4.22. The standard InChI is InChI=1S/C13H17NO3/c1-9(14-10-5-3-4-6-10)11-7-8-12(17-11)13(15)16-2/h3-4,7-10,14H,5-6H2,1-2H3. The van der Waals surface area contributed by atoms with E-state index in [1.807, 2.05) is 13.0 Å². The van der Waals surface area contributed by atoms with Crippen molar-refractivity contribution < 1.29 is 13.9 Å². The van der Waals surface area contributed by atoms with Crippen molar-refractivity contribution in [2.75, 3.05) is 7.11 Å². The summed E-state index contributed by atoms with van der Waals surface area (Å²) in [5, 5.41) is 3.46. The van der Waals surface area contributed by atoms with Crippen molar-refractivity contribution in [3.05, 3.63) is 35.8 Å². The Kier molecular flexibility index (Phi) is 3.64. The van der Waals surface area contributed by atoms with Crippen LogP contribution >= 0.6 is 0 Å². The van der Waals surface area contributed by atoms with Gasteiger partial charge in [-0.25, -0.2) is 4.79 Å². The van der Waals surface area contributed by atoms with Gasteiger partial charge >= 0.3 is 5.97 Å². The smallest absolute Gasteiger partial charge is 0.373 e. The fraction of sp³-hybridized carbons (Fsp3) is 0.462.